The third-order valence-corrected chi connectivity index (χ3v) is 6.18. The second kappa shape index (κ2) is 5.01. The third-order valence-electron chi connectivity index (χ3n) is 6.18. The van der Waals surface area contributed by atoms with Crippen molar-refractivity contribution in [2.24, 2.45) is 17.3 Å². The largest absolute Gasteiger partial charge is 0.386 e. The number of hydrogen-bond acceptors (Lipinski definition) is 3. The van der Waals surface area contributed by atoms with Crippen LogP contribution in [0.4, 0.5) is 0 Å². The number of nitrogens with one attached hydrogen (secondary N) is 2. The fourth-order valence-electron chi connectivity index (χ4n) is 4.63. The van der Waals surface area contributed by atoms with E-state index in [0.29, 0.717) is 23.5 Å². The summed E-state index contributed by atoms with van der Waals surface area (Å²) in [5.41, 5.74) is 1.52. The van der Waals surface area contributed by atoms with Crippen molar-refractivity contribution >= 4 is 5.91 Å². The van der Waals surface area contributed by atoms with Crippen molar-refractivity contribution in [1.82, 2.24) is 10.6 Å². The maximum Gasteiger partial charge on any atom is 0.227 e. The monoisotopic (exact) mass is 290 g/mol. The zero-order chi connectivity index (χ0) is 14.4. The number of amides is 1. The molecule has 4 rings (SSSR count). The van der Waals surface area contributed by atoms with Crippen LogP contribution in [0.5, 0.6) is 0 Å². The van der Waals surface area contributed by atoms with Crippen LogP contribution in [0.1, 0.15) is 51.9 Å². The molecule has 0 radical (unpaired) electrons. The fourth-order valence-corrected chi connectivity index (χ4v) is 4.63. The highest BCUT2D eigenvalue weighted by molar-refractivity contribution is 5.84. The first-order valence-corrected chi connectivity index (χ1v) is 8.60. The van der Waals surface area contributed by atoms with Crippen LogP contribution in [0.15, 0.2) is 11.9 Å². The van der Waals surface area contributed by atoms with Gasteiger partial charge in [-0.1, -0.05) is 6.42 Å². The summed E-state index contributed by atoms with van der Waals surface area (Å²) in [5.74, 6) is 0.981. The summed E-state index contributed by atoms with van der Waals surface area (Å²) in [5, 5.41) is 6.68. The molecule has 1 aliphatic heterocycles. The van der Waals surface area contributed by atoms with Crippen LogP contribution in [-0.2, 0) is 9.53 Å². The Morgan fingerprint density at radius 2 is 2.33 bits per heavy atom. The number of ether oxygens (including phenoxy) is 1. The fraction of sp³-hybridized carbons (Fsp3) is 0.824. The molecule has 2 N–H and O–H groups in total. The lowest BCUT2D eigenvalue weighted by atomic mass is 9.79. The molecule has 4 unspecified atom stereocenters. The van der Waals surface area contributed by atoms with Gasteiger partial charge in [0, 0.05) is 36.4 Å². The van der Waals surface area contributed by atoms with Gasteiger partial charge in [0.15, 0.2) is 0 Å². The number of rotatable bonds is 4. The van der Waals surface area contributed by atoms with Crippen LogP contribution in [-0.4, -0.2) is 24.7 Å². The van der Waals surface area contributed by atoms with Crippen molar-refractivity contribution in [1.29, 1.82) is 0 Å². The Hall–Kier alpha value is -1.03. The van der Waals surface area contributed by atoms with E-state index < -0.39 is 0 Å². The molecule has 0 aromatic carbocycles. The Balaban J connectivity index is 1.36. The Bertz CT molecular complexity index is 469. The lowest BCUT2D eigenvalue weighted by Gasteiger charge is -2.33. The van der Waals surface area contributed by atoms with Crippen molar-refractivity contribution in [2.75, 3.05) is 6.61 Å². The van der Waals surface area contributed by atoms with Crippen molar-refractivity contribution in [2.45, 2.75) is 64.0 Å². The molecule has 0 bridgehead atoms. The normalized spacial score (nSPS) is 39.0. The van der Waals surface area contributed by atoms with Gasteiger partial charge in [-0.05, 0) is 50.9 Å². The average Bonchev–Trinajstić information content (AvgIpc) is 3.11. The van der Waals surface area contributed by atoms with E-state index >= 15 is 0 Å². The molecule has 4 atom stereocenters. The Labute approximate surface area is 126 Å². The van der Waals surface area contributed by atoms with Gasteiger partial charge >= 0.3 is 0 Å². The molecule has 0 aromatic rings. The molecular weight excluding hydrogens is 264 g/mol. The predicted octanol–water partition coefficient (Wildman–Crippen LogP) is 2.31. The SMILES string of the molecule is CCOC1CCC2NC=C(NC(=O)C3CC34CCC4)C2C1. The molecule has 1 amide bonds. The molecular formula is C17H26N2O2. The summed E-state index contributed by atoms with van der Waals surface area (Å²) in [7, 11) is 0. The number of hydrogen-bond donors (Lipinski definition) is 2. The molecule has 4 aliphatic rings. The van der Waals surface area contributed by atoms with Gasteiger partial charge in [-0.2, -0.15) is 0 Å². The van der Waals surface area contributed by atoms with Crippen molar-refractivity contribution in [3.63, 3.8) is 0 Å². The van der Waals surface area contributed by atoms with Crippen molar-refractivity contribution in [3.8, 4) is 0 Å². The molecule has 116 valence electrons. The van der Waals surface area contributed by atoms with Gasteiger partial charge in [-0.25, -0.2) is 0 Å². The standard InChI is InChI=1S/C17H26N2O2/c1-2-21-11-4-5-14-12(8-11)15(10-18-14)19-16(20)13-9-17(13)6-3-7-17/h10-14,18H,2-9H2,1H3,(H,19,20). The quantitative estimate of drug-likeness (QED) is 0.835. The van der Waals surface area contributed by atoms with E-state index in [4.69, 9.17) is 4.74 Å². The second-order valence-corrected chi connectivity index (χ2v) is 7.33. The lowest BCUT2D eigenvalue weighted by Crippen LogP contribution is -2.40. The predicted molar refractivity (Wildman–Crippen MR) is 80.3 cm³/mol. The molecule has 21 heavy (non-hydrogen) atoms. The minimum Gasteiger partial charge on any atom is -0.386 e. The van der Waals surface area contributed by atoms with Crippen molar-refractivity contribution < 1.29 is 9.53 Å². The number of carbonyl (C=O) groups is 1. The summed E-state index contributed by atoms with van der Waals surface area (Å²) in [6.07, 6.45) is 10.7. The second-order valence-electron chi connectivity index (χ2n) is 7.33. The summed E-state index contributed by atoms with van der Waals surface area (Å²) >= 11 is 0. The van der Waals surface area contributed by atoms with E-state index in [1.807, 2.05) is 6.20 Å². The highest BCUT2D eigenvalue weighted by Gasteiger charge is 2.61. The summed E-state index contributed by atoms with van der Waals surface area (Å²) < 4.78 is 5.80. The van der Waals surface area contributed by atoms with E-state index in [1.165, 1.54) is 19.3 Å². The summed E-state index contributed by atoms with van der Waals surface area (Å²) in [6.45, 7) is 2.84. The van der Waals surface area contributed by atoms with Crippen LogP contribution in [0.2, 0.25) is 0 Å². The molecule has 3 aliphatic carbocycles. The van der Waals surface area contributed by atoms with E-state index in [0.717, 1.165) is 38.0 Å². The topological polar surface area (TPSA) is 50.4 Å². The zero-order valence-corrected chi connectivity index (χ0v) is 12.9. The minimum atomic E-state index is 0.266. The first-order chi connectivity index (χ1) is 10.2. The van der Waals surface area contributed by atoms with Crippen LogP contribution in [0.3, 0.4) is 0 Å². The highest BCUT2D eigenvalue weighted by Crippen LogP contribution is 2.65. The van der Waals surface area contributed by atoms with Gasteiger partial charge in [0.25, 0.3) is 0 Å². The minimum absolute atomic E-state index is 0.266. The summed E-state index contributed by atoms with van der Waals surface area (Å²) in [6, 6.07) is 0.494. The molecule has 0 aromatic heterocycles. The molecule has 4 nitrogen and oxygen atoms in total. The molecule has 3 fully saturated rings. The van der Waals surface area contributed by atoms with Gasteiger partial charge in [0.05, 0.1) is 6.10 Å². The van der Waals surface area contributed by atoms with Crippen LogP contribution >= 0.6 is 0 Å². The highest BCUT2D eigenvalue weighted by atomic mass is 16.5. The first-order valence-electron chi connectivity index (χ1n) is 8.60. The van der Waals surface area contributed by atoms with E-state index in [2.05, 4.69) is 17.6 Å². The average molecular weight is 290 g/mol. The van der Waals surface area contributed by atoms with Gasteiger partial charge in [-0.15, -0.1) is 0 Å². The van der Waals surface area contributed by atoms with Gasteiger partial charge < -0.3 is 15.4 Å². The molecule has 3 saturated carbocycles. The molecule has 0 saturated heterocycles. The van der Waals surface area contributed by atoms with E-state index in [9.17, 15) is 4.79 Å². The van der Waals surface area contributed by atoms with Crippen LogP contribution in [0, 0.1) is 17.3 Å². The van der Waals surface area contributed by atoms with E-state index in [1.54, 1.807) is 0 Å². The Morgan fingerprint density at radius 3 is 3.00 bits per heavy atom. The Kier molecular flexibility index (Phi) is 3.25. The van der Waals surface area contributed by atoms with Gasteiger partial charge in [0.2, 0.25) is 5.91 Å². The van der Waals surface area contributed by atoms with Crippen molar-refractivity contribution in [3.05, 3.63) is 11.9 Å². The maximum absolute atomic E-state index is 12.4. The number of fused-ring (bicyclic) bond motifs is 1. The first kappa shape index (κ1) is 13.6. The zero-order valence-electron chi connectivity index (χ0n) is 12.9. The third kappa shape index (κ3) is 2.28. The van der Waals surface area contributed by atoms with E-state index in [-0.39, 0.29) is 11.8 Å². The van der Waals surface area contributed by atoms with Crippen LogP contribution in [0.25, 0.3) is 0 Å². The molecule has 1 spiro atoms. The smallest absolute Gasteiger partial charge is 0.227 e. The maximum atomic E-state index is 12.4. The molecule has 1 heterocycles. The Morgan fingerprint density at radius 1 is 1.48 bits per heavy atom. The summed E-state index contributed by atoms with van der Waals surface area (Å²) in [4.78, 5) is 12.4. The van der Waals surface area contributed by atoms with Crippen LogP contribution < -0.4 is 10.6 Å². The number of carbonyl (C=O) groups excluding carboxylic acids is 1. The lowest BCUT2D eigenvalue weighted by molar-refractivity contribution is -0.123. The van der Waals surface area contributed by atoms with Gasteiger partial charge in [-0.3, -0.25) is 4.79 Å². The molecule has 4 heteroatoms. The van der Waals surface area contributed by atoms with Gasteiger partial charge in [0.1, 0.15) is 0 Å².